The Labute approximate surface area is 155 Å². The Morgan fingerprint density at radius 3 is 2.19 bits per heavy atom. The zero-order valence-electron chi connectivity index (χ0n) is 15.8. The number of carbonyl (C=O) groups is 2. The predicted octanol–water partition coefficient (Wildman–Crippen LogP) is 1.41. The highest BCUT2D eigenvalue weighted by Crippen LogP contribution is 2.23. The first kappa shape index (κ1) is 20.4. The van der Waals surface area contributed by atoms with Crippen LogP contribution in [-0.4, -0.2) is 74.1 Å². The maximum absolute atomic E-state index is 12.8. The molecule has 2 amide bonds. The van der Waals surface area contributed by atoms with Gasteiger partial charge in [-0.3, -0.25) is 9.59 Å². The number of benzene rings is 1. The van der Waals surface area contributed by atoms with Gasteiger partial charge in [-0.2, -0.15) is 4.31 Å². The van der Waals surface area contributed by atoms with Gasteiger partial charge in [-0.05, 0) is 37.1 Å². The lowest BCUT2D eigenvalue weighted by Crippen LogP contribution is -2.45. The van der Waals surface area contributed by atoms with Gasteiger partial charge >= 0.3 is 0 Å². The predicted molar refractivity (Wildman–Crippen MR) is 99.3 cm³/mol. The number of hydrogen-bond donors (Lipinski definition) is 0. The summed E-state index contributed by atoms with van der Waals surface area (Å²) in [4.78, 5) is 28.3. The fraction of sp³-hybridized carbons (Fsp3) is 0.556. The van der Waals surface area contributed by atoms with E-state index in [1.54, 1.807) is 32.8 Å². The van der Waals surface area contributed by atoms with Crippen LogP contribution in [0.15, 0.2) is 29.2 Å². The summed E-state index contributed by atoms with van der Waals surface area (Å²) in [5.74, 6) is -0.328. The molecule has 1 aliphatic rings. The molecular weight excluding hydrogens is 354 g/mol. The number of sulfonamides is 1. The highest BCUT2D eigenvalue weighted by molar-refractivity contribution is 7.89. The minimum absolute atomic E-state index is 0.0865. The summed E-state index contributed by atoms with van der Waals surface area (Å²) < 4.78 is 26.4. The standard InChI is InChI=1S/C18H27N3O4S/c1-5-20(6-2)26(24,25)15-11-9-14(10-12-15)17(22)21-13-7-8-16(21)18(23)19(3)4/h9-12,16H,5-8,13H2,1-4H3/t16-/m0/s1. The lowest BCUT2D eigenvalue weighted by molar-refractivity contribution is -0.132. The maximum atomic E-state index is 12.8. The van der Waals surface area contributed by atoms with E-state index in [4.69, 9.17) is 0 Å². The molecule has 1 aromatic rings. The number of nitrogens with zero attached hydrogens (tertiary/aromatic N) is 3. The fourth-order valence-corrected chi connectivity index (χ4v) is 4.67. The average molecular weight is 381 g/mol. The van der Waals surface area contributed by atoms with Crippen molar-refractivity contribution in [2.75, 3.05) is 33.7 Å². The van der Waals surface area contributed by atoms with Crippen LogP contribution in [0.3, 0.4) is 0 Å². The molecule has 7 nitrogen and oxygen atoms in total. The number of amides is 2. The van der Waals surface area contributed by atoms with Crippen LogP contribution >= 0.6 is 0 Å². The first-order valence-corrected chi connectivity index (χ1v) is 10.3. The Balaban J connectivity index is 2.23. The second-order valence-corrected chi connectivity index (χ2v) is 8.44. The van der Waals surface area contributed by atoms with Gasteiger partial charge in [0.2, 0.25) is 15.9 Å². The molecule has 1 aliphatic heterocycles. The van der Waals surface area contributed by atoms with E-state index in [1.807, 2.05) is 0 Å². The molecule has 8 heteroatoms. The zero-order valence-corrected chi connectivity index (χ0v) is 16.6. The lowest BCUT2D eigenvalue weighted by Gasteiger charge is -2.26. The highest BCUT2D eigenvalue weighted by Gasteiger charge is 2.35. The molecule has 0 radical (unpaired) electrons. The van der Waals surface area contributed by atoms with Gasteiger partial charge in [0.25, 0.3) is 5.91 Å². The van der Waals surface area contributed by atoms with E-state index in [0.29, 0.717) is 31.6 Å². The third kappa shape index (κ3) is 3.91. The minimum atomic E-state index is -3.55. The summed E-state index contributed by atoms with van der Waals surface area (Å²) >= 11 is 0. The number of rotatable bonds is 6. The molecule has 1 heterocycles. The van der Waals surface area contributed by atoms with Gasteiger partial charge in [-0.1, -0.05) is 13.8 Å². The molecule has 0 aromatic heterocycles. The first-order valence-electron chi connectivity index (χ1n) is 8.86. The SMILES string of the molecule is CCN(CC)S(=O)(=O)c1ccc(C(=O)N2CCC[C@H]2C(=O)N(C)C)cc1. The molecular formula is C18H27N3O4S. The minimum Gasteiger partial charge on any atom is -0.347 e. The molecule has 1 saturated heterocycles. The summed E-state index contributed by atoms with van der Waals surface area (Å²) in [7, 11) is -0.197. The van der Waals surface area contributed by atoms with Gasteiger partial charge in [0.15, 0.2) is 0 Å². The molecule has 0 bridgehead atoms. The van der Waals surface area contributed by atoms with E-state index >= 15 is 0 Å². The molecule has 0 N–H and O–H groups in total. The summed E-state index contributed by atoms with van der Waals surface area (Å²) in [5, 5.41) is 0. The van der Waals surface area contributed by atoms with E-state index in [0.717, 1.165) is 6.42 Å². The van der Waals surface area contributed by atoms with Crippen LogP contribution in [0.1, 0.15) is 37.0 Å². The number of hydrogen-bond acceptors (Lipinski definition) is 4. The van der Waals surface area contributed by atoms with Crippen LogP contribution in [0.2, 0.25) is 0 Å². The average Bonchev–Trinajstić information content (AvgIpc) is 3.10. The number of carbonyl (C=O) groups excluding carboxylic acids is 2. The van der Waals surface area contributed by atoms with Gasteiger partial charge in [0.05, 0.1) is 4.90 Å². The van der Waals surface area contributed by atoms with E-state index in [1.165, 1.54) is 33.5 Å². The van der Waals surface area contributed by atoms with Crippen molar-refractivity contribution in [1.82, 2.24) is 14.1 Å². The van der Waals surface area contributed by atoms with Crippen molar-refractivity contribution in [3.8, 4) is 0 Å². The van der Waals surface area contributed by atoms with Crippen molar-refractivity contribution in [2.24, 2.45) is 0 Å². The Hall–Kier alpha value is -1.93. The number of likely N-dealkylation sites (N-methyl/N-ethyl adjacent to an activating group) is 1. The summed E-state index contributed by atoms with van der Waals surface area (Å²) in [6, 6.07) is 5.51. The second kappa shape index (κ2) is 8.18. The third-order valence-corrected chi connectivity index (χ3v) is 6.75. The molecule has 2 rings (SSSR count). The number of likely N-dealkylation sites (tertiary alicyclic amines) is 1. The normalized spacial score (nSPS) is 17.6. The summed E-state index contributed by atoms with van der Waals surface area (Å²) in [6.07, 6.45) is 1.43. The zero-order chi connectivity index (χ0) is 19.5. The highest BCUT2D eigenvalue weighted by atomic mass is 32.2. The largest absolute Gasteiger partial charge is 0.347 e. The molecule has 0 saturated carbocycles. The van der Waals surface area contributed by atoms with Crippen LogP contribution in [0.4, 0.5) is 0 Å². The molecule has 0 spiro atoms. The molecule has 0 aliphatic carbocycles. The molecule has 1 aromatic carbocycles. The molecule has 144 valence electrons. The Kier molecular flexibility index (Phi) is 6.41. The molecule has 26 heavy (non-hydrogen) atoms. The first-order chi connectivity index (χ1) is 12.2. The van der Waals surface area contributed by atoms with Gasteiger partial charge in [-0.15, -0.1) is 0 Å². The van der Waals surface area contributed by atoms with Gasteiger partial charge in [0, 0.05) is 39.3 Å². The summed E-state index contributed by atoms with van der Waals surface area (Å²) in [5.41, 5.74) is 0.391. The van der Waals surface area contributed by atoms with Crippen molar-refractivity contribution in [3.63, 3.8) is 0 Å². The van der Waals surface area contributed by atoms with Crippen LogP contribution in [0, 0.1) is 0 Å². The monoisotopic (exact) mass is 381 g/mol. The van der Waals surface area contributed by atoms with Crippen LogP contribution in [-0.2, 0) is 14.8 Å². The molecule has 1 atom stereocenters. The van der Waals surface area contributed by atoms with Crippen molar-refractivity contribution in [2.45, 2.75) is 37.6 Å². The summed E-state index contributed by atoms with van der Waals surface area (Å²) in [6.45, 7) is 4.88. The van der Waals surface area contributed by atoms with Gasteiger partial charge < -0.3 is 9.80 Å². The Bertz CT molecular complexity index is 755. The van der Waals surface area contributed by atoms with E-state index in [-0.39, 0.29) is 16.7 Å². The van der Waals surface area contributed by atoms with Crippen molar-refractivity contribution >= 4 is 21.8 Å². The van der Waals surface area contributed by atoms with E-state index < -0.39 is 16.1 Å². The molecule has 0 unspecified atom stereocenters. The van der Waals surface area contributed by atoms with Crippen molar-refractivity contribution < 1.29 is 18.0 Å². The fourth-order valence-electron chi connectivity index (χ4n) is 3.21. The van der Waals surface area contributed by atoms with E-state index in [9.17, 15) is 18.0 Å². The maximum Gasteiger partial charge on any atom is 0.254 e. The molecule has 1 fully saturated rings. The smallest absolute Gasteiger partial charge is 0.254 e. The Morgan fingerprint density at radius 1 is 1.12 bits per heavy atom. The van der Waals surface area contributed by atoms with Crippen LogP contribution in [0.25, 0.3) is 0 Å². The third-order valence-electron chi connectivity index (χ3n) is 4.68. The topological polar surface area (TPSA) is 78.0 Å². The van der Waals surface area contributed by atoms with Crippen molar-refractivity contribution in [1.29, 1.82) is 0 Å². The van der Waals surface area contributed by atoms with Gasteiger partial charge in [-0.25, -0.2) is 8.42 Å². The van der Waals surface area contributed by atoms with E-state index in [2.05, 4.69) is 0 Å². The van der Waals surface area contributed by atoms with Gasteiger partial charge in [0.1, 0.15) is 6.04 Å². The quantitative estimate of drug-likeness (QED) is 0.746. The lowest BCUT2D eigenvalue weighted by atomic mass is 10.1. The second-order valence-electron chi connectivity index (χ2n) is 6.50. The van der Waals surface area contributed by atoms with Crippen LogP contribution < -0.4 is 0 Å². The van der Waals surface area contributed by atoms with Crippen molar-refractivity contribution in [3.05, 3.63) is 29.8 Å². The van der Waals surface area contributed by atoms with Crippen LogP contribution in [0.5, 0.6) is 0 Å². The Morgan fingerprint density at radius 2 is 1.69 bits per heavy atom.